The standard InChI is InChI=1S/C10H7ClN3O4S/c1-2-19-8-4(11)3-5-6(7(8)14(17)18)13-10(16)9(15)12-5/h3H,2H2,1H3,(H,12,15). The number of carbonyl (C=O) groups is 2. The molecule has 7 nitrogen and oxygen atoms in total. The number of thioether (sulfide) groups is 1. The number of nitrogens with one attached hydrogen (secondary N) is 1. The van der Waals surface area contributed by atoms with E-state index in [0.717, 1.165) is 0 Å². The van der Waals surface area contributed by atoms with E-state index < -0.39 is 16.7 Å². The fourth-order valence-corrected chi connectivity index (χ4v) is 2.75. The van der Waals surface area contributed by atoms with Gasteiger partial charge >= 0.3 is 17.5 Å². The third kappa shape index (κ3) is 2.36. The highest BCUT2D eigenvalue weighted by Crippen LogP contribution is 2.46. The summed E-state index contributed by atoms with van der Waals surface area (Å²) >= 11 is 7.14. The van der Waals surface area contributed by atoms with Crippen molar-refractivity contribution in [3.8, 4) is 0 Å². The zero-order valence-electron chi connectivity index (χ0n) is 9.60. The molecule has 9 heteroatoms. The van der Waals surface area contributed by atoms with Gasteiger partial charge < -0.3 is 5.32 Å². The lowest BCUT2D eigenvalue weighted by molar-refractivity contribution is -0.387. The minimum absolute atomic E-state index is 0.0711. The fraction of sp³-hybridized carbons (Fsp3) is 0.200. The molecule has 2 rings (SSSR count). The van der Waals surface area contributed by atoms with Gasteiger partial charge in [0.25, 0.3) is 0 Å². The SMILES string of the molecule is CCSc1c(Cl)cc2c(c1[N+](=O)[O-])[N]C(=O)C(=O)N2. The number of benzene rings is 1. The van der Waals surface area contributed by atoms with E-state index in [1.54, 1.807) is 0 Å². The Kier molecular flexibility index (Phi) is 3.63. The van der Waals surface area contributed by atoms with E-state index in [2.05, 4.69) is 10.6 Å². The van der Waals surface area contributed by atoms with E-state index in [4.69, 9.17) is 11.6 Å². The predicted octanol–water partition coefficient (Wildman–Crippen LogP) is 2.07. The first kappa shape index (κ1) is 13.6. The highest BCUT2D eigenvalue weighted by atomic mass is 35.5. The number of amides is 2. The number of nitro groups is 1. The smallest absolute Gasteiger partial charge is 0.315 e. The van der Waals surface area contributed by atoms with Crippen LogP contribution >= 0.6 is 23.4 Å². The quantitative estimate of drug-likeness (QED) is 0.398. The van der Waals surface area contributed by atoms with Crippen LogP contribution in [0.1, 0.15) is 6.92 Å². The Balaban J connectivity index is 2.69. The van der Waals surface area contributed by atoms with E-state index in [9.17, 15) is 19.7 Å². The molecule has 1 radical (unpaired) electrons. The van der Waals surface area contributed by atoms with Crippen molar-refractivity contribution >= 4 is 52.2 Å². The van der Waals surface area contributed by atoms with Gasteiger partial charge in [-0.3, -0.25) is 19.7 Å². The molecular formula is C10H7ClN3O4S. The molecule has 1 aromatic rings. The molecule has 0 saturated heterocycles. The second-order valence-corrected chi connectivity index (χ2v) is 5.17. The van der Waals surface area contributed by atoms with Crippen molar-refractivity contribution in [1.29, 1.82) is 0 Å². The molecule has 0 unspecified atom stereocenters. The topological polar surface area (TPSA) is 103 Å². The monoisotopic (exact) mass is 300 g/mol. The van der Waals surface area contributed by atoms with E-state index in [1.807, 2.05) is 6.92 Å². The first-order chi connectivity index (χ1) is 8.95. The molecule has 19 heavy (non-hydrogen) atoms. The van der Waals surface area contributed by atoms with Gasteiger partial charge in [-0.25, -0.2) is 0 Å². The Hall–Kier alpha value is -1.80. The maximum atomic E-state index is 11.2. The van der Waals surface area contributed by atoms with Crippen molar-refractivity contribution in [1.82, 2.24) is 5.32 Å². The molecule has 0 spiro atoms. The van der Waals surface area contributed by atoms with E-state index in [0.29, 0.717) is 5.75 Å². The van der Waals surface area contributed by atoms with Crippen molar-refractivity contribution in [2.45, 2.75) is 11.8 Å². The third-order valence-electron chi connectivity index (χ3n) is 2.31. The highest BCUT2D eigenvalue weighted by molar-refractivity contribution is 7.99. The first-order valence-corrected chi connectivity index (χ1v) is 6.52. The zero-order valence-corrected chi connectivity index (χ0v) is 11.2. The van der Waals surface area contributed by atoms with Gasteiger partial charge in [0.15, 0.2) is 5.69 Å². The molecule has 0 fully saturated rings. The molecule has 2 amide bonds. The summed E-state index contributed by atoms with van der Waals surface area (Å²) in [5.41, 5.74) is -0.445. The molecule has 99 valence electrons. The van der Waals surface area contributed by atoms with Crippen molar-refractivity contribution in [3.63, 3.8) is 0 Å². The van der Waals surface area contributed by atoms with Crippen molar-refractivity contribution in [2.75, 3.05) is 11.1 Å². The molecule has 0 atom stereocenters. The summed E-state index contributed by atoms with van der Waals surface area (Å²) in [5.74, 6) is -1.43. The highest BCUT2D eigenvalue weighted by Gasteiger charge is 2.34. The number of halogens is 1. The number of fused-ring (bicyclic) bond motifs is 1. The van der Waals surface area contributed by atoms with Gasteiger partial charge in [0.1, 0.15) is 4.90 Å². The summed E-state index contributed by atoms with van der Waals surface area (Å²) < 4.78 is 0. The molecule has 0 aromatic heterocycles. The Bertz CT molecular complexity index is 605. The molecule has 0 bridgehead atoms. The summed E-state index contributed by atoms with van der Waals surface area (Å²) in [4.78, 5) is 33.2. The Morgan fingerprint density at radius 3 is 2.79 bits per heavy atom. The summed E-state index contributed by atoms with van der Waals surface area (Å²) in [7, 11) is 0. The normalized spacial score (nSPS) is 13.6. The van der Waals surface area contributed by atoms with Gasteiger partial charge in [-0.1, -0.05) is 18.5 Å². The number of nitro benzene ring substituents is 1. The van der Waals surface area contributed by atoms with Gasteiger partial charge in [-0.15, -0.1) is 11.8 Å². The van der Waals surface area contributed by atoms with Crippen molar-refractivity contribution in [3.05, 3.63) is 21.2 Å². The number of hydrogen-bond donors (Lipinski definition) is 1. The molecule has 0 saturated carbocycles. The second kappa shape index (κ2) is 5.06. The average Bonchev–Trinajstić information content (AvgIpc) is 2.32. The molecule has 1 aromatic carbocycles. The van der Waals surface area contributed by atoms with Crippen LogP contribution in [0.2, 0.25) is 5.02 Å². The van der Waals surface area contributed by atoms with Crippen molar-refractivity contribution in [2.24, 2.45) is 0 Å². The van der Waals surface area contributed by atoms with E-state index in [-0.39, 0.29) is 27.0 Å². The molecular weight excluding hydrogens is 294 g/mol. The van der Waals surface area contributed by atoms with Crippen LogP contribution in [0.3, 0.4) is 0 Å². The minimum atomic E-state index is -1.06. The fourth-order valence-electron chi connectivity index (χ4n) is 1.60. The third-order valence-corrected chi connectivity index (χ3v) is 3.71. The van der Waals surface area contributed by atoms with Gasteiger partial charge in [0, 0.05) is 0 Å². The van der Waals surface area contributed by atoms with Crippen LogP contribution in [0, 0.1) is 10.1 Å². The van der Waals surface area contributed by atoms with Crippen LogP contribution in [0.25, 0.3) is 0 Å². The number of carbonyl (C=O) groups excluding carboxylic acids is 2. The van der Waals surface area contributed by atoms with Gasteiger partial charge in [0.2, 0.25) is 0 Å². The summed E-state index contributed by atoms with van der Waals surface area (Å²) in [6, 6.07) is 1.36. The summed E-state index contributed by atoms with van der Waals surface area (Å²) in [6.07, 6.45) is 0. The van der Waals surface area contributed by atoms with Crippen LogP contribution in [0.4, 0.5) is 17.1 Å². The van der Waals surface area contributed by atoms with Crippen LogP contribution in [0.5, 0.6) is 0 Å². The van der Waals surface area contributed by atoms with Gasteiger partial charge in [0.05, 0.1) is 15.6 Å². The Labute approximate surface area is 116 Å². The molecule has 0 aliphatic carbocycles. The van der Waals surface area contributed by atoms with Crippen LogP contribution in [0.15, 0.2) is 11.0 Å². The summed E-state index contributed by atoms with van der Waals surface area (Å²) in [6.45, 7) is 1.81. The number of hydrogen-bond acceptors (Lipinski definition) is 5. The Morgan fingerprint density at radius 2 is 2.21 bits per heavy atom. The lowest BCUT2D eigenvalue weighted by Crippen LogP contribution is -2.33. The molecule has 1 aliphatic heterocycles. The number of rotatable bonds is 3. The lowest BCUT2D eigenvalue weighted by atomic mass is 10.2. The molecule has 1 aliphatic rings. The molecule has 1 N–H and O–H groups in total. The lowest BCUT2D eigenvalue weighted by Gasteiger charge is -2.17. The van der Waals surface area contributed by atoms with Gasteiger partial charge in [-0.05, 0) is 11.8 Å². The van der Waals surface area contributed by atoms with E-state index in [1.165, 1.54) is 17.8 Å². The zero-order chi connectivity index (χ0) is 14.2. The van der Waals surface area contributed by atoms with Crippen molar-refractivity contribution < 1.29 is 14.5 Å². The largest absolute Gasteiger partial charge is 0.336 e. The summed E-state index contributed by atoms with van der Waals surface area (Å²) in [5, 5.41) is 17.0. The predicted molar refractivity (Wildman–Crippen MR) is 69.9 cm³/mol. The Morgan fingerprint density at radius 1 is 1.53 bits per heavy atom. The minimum Gasteiger partial charge on any atom is -0.315 e. The second-order valence-electron chi connectivity index (χ2n) is 3.49. The maximum absolute atomic E-state index is 11.2. The average molecular weight is 301 g/mol. The van der Waals surface area contributed by atoms with Gasteiger partial charge in [-0.2, -0.15) is 5.32 Å². The van der Waals surface area contributed by atoms with E-state index >= 15 is 0 Å². The van der Waals surface area contributed by atoms with Crippen LogP contribution < -0.4 is 10.6 Å². The van der Waals surface area contributed by atoms with Crippen LogP contribution in [-0.4, -0.2) is 22.5 Å². The number of anilines is 1. The molecule has 1 heterocycles. The first-order valence-electron chi connectivity index (χ1n) is 5.16. The van der Waals surface area contributed by atoms with Crippen LogP contribution in [-0.2, 0) is 9.59 Å². The maximum Gasteiger partial charge on any atom is 0.336 e. The number of nitrogens with zero attached hydrogens (tertiary/aromatic N) is 2.